The summed E-state index contributed by atoms with van der Waals surface area (Å²) in [5.74, 6) is -0.768. The third-order valence-corrected chi connectivity index (χ3v) is 2.63. The van der Waals surface area contributed by atoms with Crippen molar-refractivity contribution in [1.82, 2.24) is 0 Å². The largest absolute Gasteiger partial charge is 0.465 e. The van der Waals surface area contributed by atoms with Crippen molar-refractivity contribution in [1.29, 1.82) is 0 Å². The maximum atomic E-state index is 11.2. The highest BCUT2D eigenvalue weighted by Gasteiger charge is 2.16. The van der Waals surface area contributed by atoms with Gasteiger partial charge in [0.05, 0.1) is 17.1 Å². The molecule has 1 heterocycles. The lowest BCUT2D eigenvalue weighted by atomic mass is 10.4. The molecule has 0 fully saturated rings. The van der Waals surface area contributed by atoms with Crippen molar-refractivity contribution >= 4 is 40.5 Å². The van der Waals surface area contributed by atoms with Crippen LogP contribution in [0.4, 0.5) is 5.69 Å². The standard InChI is InChI=1S/C8H8ClNO3S/c1-4(11)10-5-3-6(9)14-7(5)8(12)13-2/h3H,1-2H3,(H,10,11). The maximum Gasteiger partial charge on any atom is 0.350 e. The second-order valence-electron chi connectivity index (χ2n) is 2.47. The smallest absolute Gasteiger partial charge is 0.350 e. The van der Waals surface area contributed by atoms with Crippen LogP contribution in [0.5, 0.6) is 0 Å². The number of rotatable bonds is 2. The summed E-state index contributed by atoms with van der Waals surface area (Å²) in [7, 11) is 1.27. The molecule has 4 nitrogen and oxygen atoms in total. The molecule has 0 radical (unpaired) electrons. The first kappa shape index (κ1) is 11.0. The Morgan fingerprint density at radius 3 is 2.71 bits per heavy atom. The van der Waals surface area contributed by atoms with Gasteiger partial charge in [0.1, 0.15) is 4.88 Å². The van der Waals surface area contributed by atoms with Crippen LogP contribution in [-0.4, -0.2) is 19.0 Å². The zero-order valence-electron chi connectivity index (χ0n) is 7.59. The minimum absolute atomic E-state index is 0.260. The second-order valence-corrected chi connectivity index (χ2v) is 4.15. The second kappa shape index (κ2) is 4.43. The normalized spacial score (nSPS) is 9.64. The molecule has 0 aliphatic heterocycles. The van der Waals surface area contributed by atoms with Crippen LogP contribution in [0.3, 0.4) is 0 Å². The molecule has 0 spiro atoms. The number of halogens is 1. The Kier molecular flexibility index (Phi) is 3.49. The molecule has 0 aliphatic rings. The van der Waals surface area contributed by atoms with Crippen LogP contribution in [0.1, 0.15) is 16.6 Å². The molecule has 14 heavy (non-hydrogen) atoms. The van der Waals surface area contributed by atoms with Gasteiger partial charge in [-0.25, -0.2) is 4.79 Å². The van der Waals surface area contributed by atoms with Gasteiger partial charge in [-0.05, 0) is 6.07 Å². The van der Waals surface area contributed by atoms with Crippen molar-refractivity contribution in [2.75, 3.05) is 12.4 Å². The summed E-state index contributed by atoms with van der Waals surface area (Å²) in [4.78, 5) is 22.3. The molecule has 1 aromatic heterocycles. The van der Waals surface area contributed by atoms with Gasteiger partial charge < -0.3 is 10.1 Å². The Hall–Kier alpha value is -1.07. The third kappa shape index (κ3) is 2.46. The number of ether oxygens (including phenoxy) is 1. The van der Waals surface area contributed by atoms with E-state index in [4.69, 9.17) is 11.6 Å². The van der Waals surface area contributed by atoms with E-state index in [9.17, 15) is 9.59 Å². The fourth-order valence-electron chi connectivity index (χ4n) is 0.888. The topological polar surface area (TPSA) is 55.4 Å². The summed E-state index contributed by atoms with van der Waals surface area (Å²) >= 11 is 6.77. The molecule has 0 saturated carbocycles. The Morgan fingerprint density at radius 1 is 1.57 bits per heavy atom. The fourth-order valence-corrected chi connectivity index (χ4v) is 1.99. The first-order valence-electron chi connectivity index (χ1n) is 3.70. The number of nitrogens with one attached hydrogen (secondary N) is 1. The minimum Gasteiger partial charge on any atom is -0.465 e. The maximum absolute atomic E-state index is 11.2. The van der Waals surface area contributed by atoms with Crippen LogP contribution >= 0.6 is 22.9 Å². The lowest BCUT2D eigenvalue weighted by molar-refractivity contribution is -0.114. The van der Waals surface area contributed by atoms with E-state index in [-0.39, 0.29) is 5.91 Å². The number of carbonyl (C=O) groups excluding carboxylic acids is 2. The highest BCUT2D eigenvalue weighted by molar-refractivity contribution is 7.18. The van der Waals surface area contributed by atoms with Gasteiger partial charge in [0, 0.05) is 6.92 Å². The first-order chi connectivity index (χ1) is 6.54. The molecule has 1 rings (SSSR count). The molecule has 0 unspecified atom stereocenters. The summed E-state index contributed by atoms with van der Waals surface area (Å²) in [6.07, 6.45) is 0. The predicted molar refractivity (Wildman–Crippen MR) is 55.0 cm³/mol. The molecule has 0 aliphatic carbocycles. The minimum atomic E-state index is -0.509. The Bertz CT molecular complexity index is 375. The van der Waals surface area contributed by atoms with Gasteiger partial charge in [-0.3, -0.25) is 4.79 Å². The Morgan fingerprint density at radius 2 is 2.21 bits per heavy atom. The summed E-state index contributed by atoms with van der Waals surface area (Å²) in [5, 5.41) is 2.50. The first-order valence-corrected chi connectivity index (χ1v) is 4.89. The molecule has 0 aromatic carbocycles. The molecule has 76 valence electrons. The van der Waals surface area contributed by atoms with Gasteiger partial charge in [0.25, 0.3) is 0 Å². The van der Waals surface area contributed by atoms with E-state index in [1.165, 1.54) is 20.1 Å². The van der Waals surface area contributed by atoms with Crippen molar-refractivity contribution in [2.24, 2.45) is 0 Å². The highest BCUT2D eigenvalue weighted by Crippen LogP contribution is 2.31. The predicted octanol–water partition coefficient (Wildman–Crippen LogP) is 2.15. The van der Waals surface area contributed by atoms with E-state index in [2.05, 4.69) is 10.1 Å². The van der Waals surface area contributed by atoms with Crippen molar-refractivity contribution in [3.63, 3.8) is 0 Å². The van der Waals surface area contributed by atoms with Gasteiger partial charge >= 0.3 is 5.97 Å². The van der Waals surface area contributed by atoms with E-state index in [1.54, 1.807) is 0 Å². The average Bonchev–Trinajstić information content (AvgIpc) is 2.44. The van der Waals surface area contributed by atoms with Crippen molar-refractivity contribution < 1.29 is 14.3 Å². The van der Waals surface area contributed by atoms with E-state index < -0.39 is 5.97 Å². The number of thiophene rings is 1. The van der Waals surface area contributed by atoms with Gasteiger partial charge in [0.2, 0.25) is 5.91 Å². The molecule has 1 amide bonds. The molecular formula is C8H8ClNO3S. The lowest BCUT2D eigenvalue weighted by Gasteiger charge is -2.01. The number of hydrogen-bond donors (Lipinski definition) is 1. The van der Waals surface area contributed by atoms with E-state index in [0.717, 1.165) is 11.3 Å². The summed E-state index contributed by atoms with van der Waals surface area (Å²) in [5.41, 5.74) is 0.388. The number of esters is 1. The van der Waals surface area contributed by atoms with Crippen LogP contribution in [-0.2, 0) is 9.53 Å². The third-order valence-electron chi connectivity index (χ3n) is 1.38. The molecule has 0 atom stereocenters. The quantitative estimate of drug-likeness (QED) is 0.797. The zero-order chi connectivity index (χ0) is 10.7. The molecule has 1 aromatic rings. The van der Waals surface area contributed by atoms with Crippen LogP contribution in [0.2, 0.25) is 4.34 Å². The Balaban J connectivity index is 3.02. The van der Waals surface area contributed by atoms with Crippen molar-refractivity contribution in [3.05, 3.63) is 15.3 Å². The van der Waals surface area contributed by atoms with Crippen molar-refractivity contribution in [2.45, 2.75) is 6.92 Å². The van der Waals surface area contributed by atoms with E-state index in [0.29, 0.717) is 14.9 Å². The van der Waals surface area contributed by atoms with Gasteiger partial charge in [-0.1, -0.05) is 11.6 Å². The van der Waals surface area contributed by atoms with Crippen LogP contribution < -0.4 is 5.32 Å². The number of carbonyl (C=O) groups is 2. The van der Waals surface area contributed by atoms with Crippen LogP contribution in [0, 0.1) is 0 Å². The summed E-state index contributed by atoms with van der Waals surface area (Å²) < 4.78 is 4.96. The monoisotopic (exact) mass is 233 g/mol. The highest BCUT2D eigenvalue weighted by atomic mass is 35.5. The van der Waals surface area contributed by atoms with E-state index >= 15 is 0 Å². The molecular weight excluding hydrogens is 226 g/mol. The summed E-state index contributed by atoms with van der Waals surface area (Å²) in [6, 6.07) is 1.51. The van der Waals surface area contributed by atoms with Crippen LogP contribution in [0.25, 0.3) is 0 Å². The molecule has 0 saturated heterocycles. The zero-order valence-corrected chi connectivity index (χ0v) is 9.16. The van der Waals surface area contributed by atoms with Gasteiger partial charge in [0.15, 0.2) is 0 Å². The number of anilines is 1. The average molecular weight is 234 g/mol. The molecule has 6 heteroatoms. The SMILES string of the molecule is COC(=O)c1sc(Cl)cc1NC(C)=O. The van der Waals surface area contributed by atoms with Gasteiger partial charge in [-0.15, -0.1) is 11.3 Å². The van der Waals surface area contributed by atoms with E-state index in [1.807, 2.05) is 0 Å². The lowest BCUT2D eigenvalue weighted by Crippen LogP contribution is -2.09. The molecule has 0 bridgehead atoms. The van der Waals surface area contributed by atoms with Crippen LogP contribution in [0.15, 0.2) is 6.07 Å². The summed E-state index contributed by atoms with van der Waals surface area (Å²) in [6.45, 7) is 1.35. The fraction of sp³-hybridized carbons (Fsp3) is 0.250. The van der Waals surface area contributed by atoms with Gasteiger partial charge in [-0.2, -0.15) is 0 Å². The number of hydrogen-bond acceptors (Lipinski definition) is 4. The Labute approximate surface area is 89.8 Å². The number of amides is 1. The van der Waals surface area contributed by atoms with Crippen molar-refractivity contribution in [3.8, 4) is 0 Å². The number of methoxy groups -OCH3 is 1. The molecule has 1 N–H and O–H groups in total.